The van der Waals surface area contributed by atoms with Crippen LogP contribution in [0.1, 0.15) is 25.0 Å². The molecule has 3 heteroatoms. The van der Waals surface area contributed by atoms with Crippen LogP contribution in [0.3, 0.4) is 0 Å². The van der Waals surface area contributed by atoms with E-state index in [-0.39, 0.29) is 5.41 Å². The number of para-hydroxylation sites is 3. The summed E-state index contributed by atoms with van der Waals surface area (Å²) >= 11 is 1.87. The van der Waals surface area contributed by atoms with Crippen LogP contribution in [0.15, 0.2) is 194 Å². The van der Waals surface area contributed by atoms with Gasteiger partial charge in [-0.05, 0) is 93.5 Å². The van der Waals surface area contributed by atoms with E-state index in [2.05, 4.69) is 217 Å². The summed E-state index contributed by atoms with van der Waals surface area (Å²) in [6.07, 6.45) is 0. The van der Waals surface area contributed by atoms with Crippen molar-refractivity contribution in [1.29, 1.82) is 0 Å². The summed E-state index contributed by atoms with van der Waals surface area (Å²) in [5, 5.41) is 7.83. The Kier molecular flexibility index (Phi) is 6.98. The summed E-state index contributed by atoms with van der Waals surface area (Å²) in [6.45, 7) is 4.82. The van der Waals surface area contributed by atoms with Crippen molar-refractivity contribution in [2.24, 2.45) is 0 Å². The van der Waals surface area contributed by atoms with Gasteiger partial charge in [0.25, 0.3) is 0 Å². The van der Waals surface area contributed by atoms with Gasteiger partial charge >= 0.3 is 0 Å². The zero-order chi connectivity index (χ0) is 39.7. The number of hydrogen-bond acceptors (Lipinski definition) is 2. The van der Waals surface area contributed by atoms with Gasteiger partial charge in [-0.1, -0.05) is 153 Å². The van der Waals surface area contributed by atoms with E-state index in [0.717, 1.165) is 11.4 Å². The van der Waals surface area contributed by atoms with E-state index in [4.69, 9.17) is 0 Å². The Hall–Kier alpha value is -7.20. The fourth-order valence-electron chi connectivity index (χ4n) is 10.5. The molecule has 0 aliphatic heterocycles. The Labute approximate surface area is 352 Å². The van der Waals surface area contributed by atoms with Gasteiger partial charge in [-0.15, -0.1) is 11.3 Å². The third-order valence-electron chi connectivity index (χ3n) is 13.3. The van der Waals surface area contributed by atoms with Crippen LogP contribution < -0.4 is 4.90 Å². The van der Waals surface area contributed by atoms with Crippen LogP contribution in [0.25, 0.3) is 91.6 Å². The third-order valence-corrected chi connectivity index (χ3v) is 14.5. The van der Waals surface area contributed by atoms with Crippen molar-refractivity contribution in [3.63, 3.8) is 0 Å². The second-order valence-electron chi connectivity index (χ2n) is 16.9. The molecular weight excluding hydrogens is 745 g/mol. The highest BCUT2D eigenvalue weighted by atomic mass is 32.1. The summed E-state index contributed by atoms with van der Waals surface area (Å²) in [5.74, 6) is 0. The van der Waals surface area contributed by atoms with Crippen LogP contribution in [-0.2, 0) is 5.41 Å². The molecule has 0 spiro atoms. The maximum Gasteiger partial charge on any atom is 0.0620 e. The molecule has 12 aromatic rings. The number of anilines is 3. The lowest BCUT2D eigenvalue weighted by Gasteiger charge is -2.29. The second-order valence-corrected chi connectivity index (χ2v) is 18.0. The first-order chi connectivity index (χ1) is 29.5. The number of aromatic nitrogens is 1. The van der Waals surface area contributed by atoms with Gasteiger partial charge in [0.05, 0.1) is 22.2 Å². The Morgan fingerprint density at radius 1 is 0.417 bits per heavy atom. The fourth-order valence-corrected chi connectivity index (χ4v) is 11.7. The average molecular weight is 783 g/mol. The molecule has 1 aliphatic rings. The first kappa shape index (κ1) is 33.7. The number of fused-ring (bicyclic) bond motifs is 12. The van der Waals surface area contributed by atoms with Crippen molar-refractivity contribution in [3.8, 4) is 33.4 Å². The normalized spacial score (nSPS) is 13.3. The van der Waals surface area contributed by atoms with Crippen LogP contribution in [-0.4, -0.2) is 4.40 Å². The van der Waals surface area contributed by atoms with E-state index in [1.54, 1.807) is 0 Å². The lowest BCUT2D eigenvalue weighted by molar-refractivity contribution is 0.660. The molecule has 3 heterocycles. The lowest BCUT2D eigenvalue weighted by Crippen LogP contribution is -2.16. The molecule has 0 N–H and O–H groups in total. The highest BCUT2D eigenvalue weighted by Crippen LogP contribution is 2.53. The molecule has 1 aliphatic carbocycles. The van der Waals surface area contributed by atoms with Crippen molar-refractivity contribution in [3.05, 3.63) is 205 Å². The summed E-state index contributed by atoms with van der Waals surface area (Å²) in [4.78, 5) is 2.48. The van der Waals surface area contributed by atoms with Crippen LogP contribution in [0, 0.1) is 0 Å². The van der Waals surface area contributed by atoms with Crippen molar-refractivity contribution < 1.29 is 0 Å². The first-order valence-corrected chi connectivity index (χ1v) is 21.7. The molecule has 0 unspecified atom stereocenters. The van der Waals surface area contributed by atoms with E-state index >= 15 is 0 Å². The number of rotatable bonds is 5. The molecule has 0 fully saturated rings. The van der Waals surface area contributed by atoms with Gasteiger partial charge in [0.1, 0.15) is 0 Å². The van der Waals surface area contributed by atoms with E-state index < -0.39 is 0 Å². The van der Waals surface area contributed by atoms with Crippen molar-refractivity contribution in [2.75, 3.05) is 4.90 Å². The molecule has 0 radical (unpaired) electrons. The largest absolute Gasteiger partial charge is 0.310 e. The average Bonchev–Trinajstić information content (AvgIpc) is 4.02. The van der Waals surface area contributed by atoms with Gasteiger partial charge in [-0.25, -0.2) is 0 Å². The first-order valence-electron chi connectivity index (χ1n) is 20.8. The predicted octanol–water partition coefficient (Wildman–Crippen LogP) is 16.3. The zero-order valence-electron chi connectivity index (χ0n) is 33.3. The molecule has 282 valence electrons. The molecule has 9 aromatic carbocycles. The van der Waals surface area contributed by atoms with E-state index in [1.165, 1.54) is 108 Å². The molecule has 0 amide bonds. The highest BCUT2D eigenvalue weighted by molar-refractivity contribution is 7.26. The maximum atomic E-state index is 2.52. The number of benzene rings is 9. The predicted molar refractivity (Wildman–Crippen MR) is 257 cm³/mol. The van der Waals surface area contributed by atoms with Crippen LogP contribution >= 0.6 is 11.3 Å². The second kappa shape index (κ2) is 12.4. The molecule has 13 rings (SSSR count). The summed E-state index contributed by atoms with van der Waals surface area (Å²) in [6, 6.07) is 72.2. The maximum absolute atomic E-state index is 2.52. The summed E-state index contributed by atoms with van der Waals surface area (Å²) in [5.41, 5.74) is 17.4. The molecule has 0 bridgehead atoms. The smallest absolute Gasteiger partial charge is 0.0620 e. The molecule has 60 heavy (non-hydrogen) atoms. The van der Waals surface area contributed by atoms with E-state index in [9.17, 15) is 0 Å². The van der Waals surface area contributed by atoms with Gasteiger partial charge < -0.3 is 9.30 Å². The van der Waals surface area contributed by atoms with Crippen molar-refractivity contribution in [2.45, 2.75) is 19.3 Å². The standard InChI is InChI=1S/C57H38N2S/c1-57(2)48-33-37(40-17-10-19-45-46-20-11-18-44-43-15-6-8-21-50(43)59(55(40)45)56(44)46)27-31-41(48)42-32-30-39(34-49(42)57)58(38-28-25-36(26-29-38)35-13-4-3-5-14-35)51-22-12-24-53-54(51)47-16-7-9-23-52(47)60-53/h3-34H,1-2H3. The number of thiophene rings is 1. The number of nitrogens with zero attached hydrogens (tertiary/aromatic N) is 2. The van der Waals surface area contributed by atoms with Crippen molar-refractivity contribution in [1.82, 2.24) is 4.40 Å². The Morgan fingerprint density at radius 3 is 1.83 bits per heavy atom. The molecule has 0 atom stereocenters. The van der Waals surface area contributed by atoms with Crippen molar-refractivity contribution >= 4 is 86.7 Å². The van der Waals surface area contributed by atoms with Crippen LogP contribution in [0.5, 0.6) is 0 Å². The highest BCUT2D eigenvalue weighted by Gasteiger charge is 2.37. The molecule has 3 aromatic heterocycles. The quantitative estimate of drug-likeness (QED) is 0.169. The molecule has 0 saturated heterocycles. The SMILES string of the molecule is CC1(C)c2cc(-c3cccc4c5cccc6c7ccccc7n(c34)c65)ccc2-c2ccc(N(c3ccc(-c4ccccc4)cc3)c3cccc4sc5ccccc5c34)cc21. The topological polar surface area (TPSA) is 7.65 Å². The fraction of sp³-hybridized carbons (Fsp3) is 0.0526. The minimum atomic E-state index is -0.227. The Bertz CT molecular complexity index is 3680. The van der Waals surface area contributed by atoms with Gasteiger partial charge in [0.2, 0.25) is 0 Å². The third kappa shape index (κ3) is 4.64. The molecule has 0 saturated carbocycles. The lowest BCUT2D eigenvalue weighted by atomic mass is 9.81. The van der Waals surface area contributed by atoms with Gasteiger partial charge in [0, 0.05) is 64.1 Å². The Morgan fingerprint density at radius 2 is 1.00 bits per heavy atom. The van der Waals surface area contributed by atoms with Gasteiger partial charge in [0.15, 0.2) is 0 Å². The summed E-state index contributed by atoms with van der Waals surface area (Å²) < 4.78 is 5.12. The minimum absolute atomic E-state index is 0.227. The zero-order valence-corrected chi connectivity index (χ0v) is 34.1. The Balaban J connectivity index is 0.976. The van der Waals surface area contributed by atoms with Gasteiger partial charge in [-0.3, -0.25) is 0 Å². The minimum Gasteiger partial charge on any atom is -0.310 e. The number of hydrogen-bond donors (Lipinski definition) is 0. The van der Waals surface area contributed by atoms with Crippen LogP contribution in [0.2, 0.25) is 0 Å². The molecular formula is C57H38N2S. The van der Waals surface area contributed by atoms with E-state index in [0.29, 0.717) is 0 Å². The van der Waals surface area contributed by atoms with E-state index in [1.807, 2.05) is 11.3 Å². The van der Waals surface area contributed by atoms with Crippen LogP contribution in [0.4, 0.5) is 17.1 Å². The molecule has 2 nitrogen and oxygen atoms in total. The van der Waals surface area contributed by atoms with Gasteiger partial charge in [-0.2, -0.15) is 0 Å². The monoisotopic (exact) mass is 782 g/mol. The summed E-state index contributed by atoms with van der Waals surface area (Å²) in [7, 11) is 0.